The highest BCUT2D eigenvalue weighted by molar-refractivity contribution is 6.10. The van der Waals surface area contributed by atoms with Crippen molar-refractivity contribution in [1.29, 1.82) is 0 Å². The fraction of sp³-hybridized carbons (Fsp3) is 0.0800. The summed E-state index contributed by atoms with van der Waals surface area (Å²) in [5.41, 5.74) is 2.35. The van der Waals surface area contributed by atoms with Crippen molar-refractivity contribution in [2.45, 2.75) is 13.5 Å². The van der Waals surface area contributed by atoms with Gasteiger partial charge in [0.25, 0.3) is 0 Å². The molecule has 0 atom stereocenters. The Hall–Kier alpha value is -3.99. The van der Waals surface area contributed by atoms with Crippen molar-refractivity contribution in [2.24, 2.45) is 0 Å². The fourth-order valence-electron chi connectivity index (χ4n) is 3.43. The lowest BCUT2D eigenvalue weighted by Gasteiger charge is -2.14. The van der Waals surface area contributed by atoms with Gasteiger partial charge in [-0.2, -0.15) is 0 Å². The van der Waals surface area contributed by atoms with Crippen LogP contribution in [-0.4, -0.2) is 16.3 Å². The standard InChI is InChI=1S/C25H20N2O3/c1-17-12-13-22-20(14-17)25(30)21(24(29)18-8-4-2-5-9-18)15-27(22)16-23(28)26-19-10-6-3-7-11-19/h2-15H,16H2,1H3,(H,26,28). The fourth-order valence-corrected chi connectivity index (χ4v) is 3.43. The number of anilines is 1. The van der Waals surface area contributed by atoms with E-state index in [0.29, 0.717) is 22.2 Å². The van der Waals surface area contributed by atoms with Crippen LogP contribution in [-0.2, 0) is 11.3 Å². The zero-order chi connectivity index (χ0) is 21.1. The molecule has 148 valence electrons. The maximum atomic E-state index is 13.1. The third kappa shape index (κ3) is 3.91. The number of aryl methyl sites for hydroxylation is 1. The van der Waals surface area contributed by atoms with Crippen molar-refractivity contribution >= 4 is 28.3 Å². The van der Waals surface area contributed by atoms with Crippen LogP contribution in [0.4, 0.5) is 5.69 Å². The number of hydrogen-bond acceptors (Lipinski definition) is 3. The van der Waals surface area contributed by atoms with Gasteiger partial charge in [0.1, 0.15) is 6.54 Å². The molecule has 0 spiro atoms. The average Bonchev–Trinajstić information content (AvgIpc) is 2.76. The predicted octanol–water partition coefficient (Wildman–Crippen LogP) is 4.18. The molecular weight excluding hydrogens is 376 g/mol. The van der Waals surface area contributed by atoms with Crippen LogP contribution in [0.5, 0.6) is 0 Å². The Morgan fingerprint density at radius 1 is 0.900 bits per heavy atom. The number of fused-ring (bicyclic) bond motifs is 1. The minimum atomic E-state index is -0.360. The summed E-state index contributed by atoms with van der Waals surface area (Å²) in [5, 5.41) is 3.26. The van der Waals surface area contributed by atoms with Crippen LogP contribution >= 0.6 is 0 Å². The number of nitrogens with zero attached hydrogens (tertiary/aromatic N) is 1. The van der Waals surface area contributed by atoms with Gasteiger partial charge in [-0.3, -0.25) is 14.4 Å². The summed E-state index contributed by atoms with van der Waals surface area (Å²) in [6.45, 7) is 1.86. The number of pyridine rings is 1. The topological polar surface area (TPSA) is 68.2 Å². The molecule has 3 aromatic carbocycles. The number of ketones is 1. The Kier molecular flexibility index (Phi) is 5.26. The second-order valence-corrected chi connectivity index (χ2v) is 7.13. The van der Waals surface area contributed by atoms with E-state index in [1.54, 1.807) is 53.1 Å². The number of rotatable bonds is 5. The molecule has 1 heterocycles. The molecule has 1 aromatic heterocycles. The van der Waals surface area contributed by atoms with E-state index in [2.05, 4.69) is 5.32 Å². The number of carbonyl (C=O) groups excluding carboxylic acids is 2. The first-order valence-corrected chi connectivity index (χ1v) is 9.61. The molecule has 0 unspecified atom stereocenters. The molecule has 0 fully saturated rings. The molecule has 5 nitrogen and oxygen atoms in total. The summed E-state index contributed by atoms with van der Waals surface area (Å²) in [4.78, 5) is 38.7. The number of hydrogen-bond donors (Lipinski definition) is 1. The van der Waals surface area contributed by atoms with Crippen LogP contribution in [0.3, 0.4) is 0 Å². The van der Waals surface area contributed by atoms with Gasteiger partial charge >= 0.3 is 0 Å². The smallest absolute Gasteiger partial charge is 0.244 e. The molecule has 30 heavy (non-hydrogen) atoms. The van der Waals surface area contributed by atoms with Crippen molar-refractivity contribution < 1.29 is 9.59 Å². The largest absolute Gasteiger partial charge is 0.337 e. The van der Waals surface area contributed by atoms with Crippen LogP contribution in [0.2, 0.25) is 0 Å². The van der Waals surface area contributed by atoms with E-state index < -0.39 is 0 Å². The lowest BCUT2D eigenvalue weighted by atomic mass is 10.0. The van der Waals surface area contributed by atoms with E-state index in [0.717, 1.165) is 5.56 Å². The van der Waals surface area contributed by atoms with Gasteiger partial charge in [0.15, 0.2) is 5.78 Å². The summed E-state index contributed by atoms with van der Waals surface area (Å²) in [7, 11) is 0. The molecule has 0 aliphatic heterocycles. The minimum absolute atomic E-state index is 0.0240. The summed E-state index contributed by atoms with van der Waals surface area (Å²) in [5.74, 6) is -0.606. The zero-order valence-electron chi connectivity index (χ0n) is 16.5. The summed E-state index contributed by atoms with van der Waals surface area (Å²) in [6.07, 6.45) is 1.49. The molecule has 0 bridgehead atoms. The van der Waals surface area contributed by atoms with E-state index in [4.69, 9.17) is 0 Å². The molecule has 4 rings (SSSR count). The van der Waals surface area contributed by atoms with Crippen LogP contribution in [0.1, 0.15) is 21.5 Å². The van der Waals surface area contributed by atoms with E-state index in [1.807, 2.05) is 37.3 Å². The third-order valence-corrected chi connectivity index (χ3v) is 4.89. The Bertz CT molecular complexity index is 1290. The normalized spacial score (nSPS) is 10.7. The second kappa shape index (κ2) is 8.17. The molecule has 1 amide bonds. The van der Waals surface area contributed by atoms with Crippen LogP contribution in [0.15, 0.2) is 89.9 Å². The lowest BCUT2D eigenvalue weighted by molar-refractivity contribution is -0.116. The second-order valence-electron chi connectivity index (χ2n) is 7.13. The predicted molar refractivity (Wildman–Crippen MR) is 118 cm³/mol. The van der Waals surface area contributed by atoms with Gasteiger partial charge in [-0.1, -0.05) is 60.2 Å². The van der Waals surface area contributed by atoms with Crippen molar-refractivity contribution in [3.05, 3.63) is 112 Å². The SMILES string of the molecule is Cc1ccc2c(c1)c(=O)c(C(=O)c1ccccc1)cn2CC(=O)Nc1ccccc1. The lowest BCUT2D eigenvalue weighted by Crippen LogP contribution is -2.24. The maximum absolute atomic E-state index is 13.1. The maximum Gasteiger partial charge on any atom is 0.244 e. The molecule has 0 saturated carbocycles. The number of carbonyl (C=O) groups is 2. The van der Waals surface area contributed by atoms with E-state index in [-0.39, 0.29) is 29.2 Å². The van der Waals surface area contributed by atoms with Crippen LogP contribution in [0.25, 0.3) is 10.9 Å². The highest BCUT2D eigenvalue weighted by Crippen LogP contribution is 2.17. The third-order valence-electron chi connectivity index (χ3n) is 4.89. The highest BCUT2D eigenvalue weighted by Gasteiger charge is 2.18. The number of amides is 1. The first-order chi connectivity index (χ1) is 14.5. The summed E-state index contributed by atoms with van der Waals surface area (Å²) < 4.78 is 1.66. The van der Waals surface area contributed by atoms with Crippen LogP contribution in [0, 0.1) is 6.92 Å². The average molecular weight is 396 g/mol. The van der Waals surface area contributed by atoms with Gasteiger partial charge < -0.3 is 9.88 Å². The van der Waals surface area contributed by atoms with Gasteiger partial charge in [0.05, 0.1) is 11.1 Å². The van der Waals surface area contributed by atoms with Gasteiger partial charge in [0.2, 0.25) is 11.3 Å². The zero-order valence-corrected chi connectivity index (χ0v) is 16.5. The van der Waals surface area contributed by atoms with Gasteiger partial charge in [-0.25, -0.2) is 0 Å². The number of nitrogens with one attached hydrogen (secondary N) is 1. The molecule has 0 aliphatic carbocycles. The summed E-state index contributed by atoms with van der Waals surface area (Å²) in [6, 6.07) is 23.3. The Labute approximate surface area is 173 Å². The van der Waals surface area contributed by atoms with Crippen molar-refractivity contribution in [3.63, 3.8) is 0 Å². The highest BCUT2D eigenvalue weighted by atomic mass is 16.2. The van der Waals surface area contributed by atoms with Crippen molar-refractivity contribution in [2.75, 3.05) is 5.32 Å². The Morgan fingerprint density at radius 2 is 1.57 bits per heavy atom. The molecule has 0 radical (unpaired) electrons. The quantitative estimate of drug-likeness (QED) is 0.515. The monoisotopic (exact) mass is 396 g/mol. The van der Waals surface area contributed by atoms with Gasteiger partial charge in [0, 0.05) is 22.8 Å². The molecule has 0 aliphatic rings. The Balaban J connectivity index is 1.78. The van der Waals surface area contributed by atoms with Crippen molar-refractivity contribution in [1.82, 2.24) is 4.57 Å². The molecule has 4 aromatic rings. The van der Waals surface area contributed by atoms with Crippen LogP contribution < -0.4 is 10.7 Å². The van der Waals surface area contributed by atoms with E-state index >= 15 is 0 Å². The summed E-state index contributed by atoms with van der Waals surface area (Å²) >= 11 is 0. The Morgan fingerprint density at radius 3 is 2.27 bits per heavy atom. The number of para-hydroxylation sites is 1. The number of aromatic nitrogens is 1. The first kappa shape index (κ1) is 19.3. The van der Waals surface area contributed by atoms with E-state index in [9.17, 15) is 14.4 Å². The number of benzene rings is 3. The molecular formula is C25H20N2O3. The minimum Gasteiger partial charge on any atom is -0.337 e. The molecule has 5 heteroatoms. The van der Waals surface area contributed by atoms with Gasteiger partial charge in [-0.15, -0.1) is 0 Å². The van der Waals surface area contributed by atoms with Gasteiger partial charge in [-0.05, 0) is 31.2 Å². The molecule has 0 saturated heterocycles. The van der Waals surface area contributed by atoms with E-state index in [1.165, 1.54) is 6.20 Å². The first-order valence-electron chi connectivity index (χ1n) is 9.61. The van der Waals surface area contributed by atoms with Crippen molar-refractivity contribution in [3.8, 4) is 0 Å². The molecule has 1 N–H and O–H groups in total.